The molecule has 1 aromatic carbocycles. The van der Waals surface area contributed by atoms with Crippen LogP contribution in [0.2, 0.25) is 0 Å². The van der Waals surface area contributed by atoms with Crippen molar-refractivity contribution in [3.8, 4) is 0 Å². The maximum Gasteiger partial charge on any atom is 0.192 e. The molecule has 1 aliphatic rings. The van der Waals surface area contributed by atoms with Crippen molar-refractivity contribution in [3.05, 3.63) is 53.5 Å². The second-order valence-electron chi connectivity index (χ2n) is 4.91. The Kier molecular flexibility index (Phi) is 3.38. The van der Waals surface area contributed by atoms with E-state index in [2.05, 4.69) is 0 Å². The molecular weight excluding hydrogens is 248 g/mol. The van der Waals surface area contributed by atoms with E-state index < -0.39 is 22.4 Å². The molecule has 3 nitrogen and oxygen atoms in total. The average Bonchev–Trinajstić information content (AvgIpc) is 2.33. The molecule has 2 rings (SSSR count). The van der Waals surface area contributed by atoms with Gasteiger partial charge < -0.3 is 14.8 Å². The summed E-state index contributed by atoms with van der Waals surface area (Å²) < 4.78 is 12.3. The summed E-state index contributed by atoms with van der Waals surface area (Å²) in [6, 6.07) is 9.10. The Hall–Kier alpha value is -1.07. The maximum atomic E-state index is 12.3. The van der Waals surface area contributed by atoms with Crippen LogP contribution in [0.15, 0.2) is 58.4 Å². The van der Waals surface area contributed by atoms with E-state index in [1.54, 1.807) is 32.1 Å². The molecule has 0 bridgehead atoms. The van der Waals surface area contributed by atoms with Crippen LogP contribution in [0, 0.1) is 5.41 Å². The number of hydrogen-bond donors (Lipinski definition) is 2. The zero-order valence-corrected chi connectivity index (χ0v) is 11.1. The second kappa shape index (κ2) is 4.55. The van der Waals surface area contributed by atoms with Crippen molar-refractivity contribution in [3.63, 3.8) is 0 Å². The van der Waals surface area contributed by atoms with Gasteiger partial charge in [0.05, 0.1) is 0 Å². The Morgan fingerprint density at radius 3 is 2.28 bits per heavy atom. The van der Waals surface area contributed by atoms with Gasteiger partial charge in [0.25, 0.3) is 0 Å². The lowest BCUT2D eigenvalue weighted by Gasteiger charge is -2.36. The molecule has 2 N–H and O–H groups in total. The van der Waals surface area contributed by atoms with Crippen LogP contribution in [-0.2, 0) is 11.2 Å². The van der Waals surface area contributed by atoms with Crippen LogP contribution in [0.1, 0.15) is 13.8 Å². The van der Waals surface area contributed by atoms with Crippen LogP contribution in [0.25, 0.3) is 0 Å². The number of hydrogen-bond acceptors (Lipinski definition) is 3. The van der Waals surface area contributed by atoms with E-state index in [1.165, 1.54) is 12.2 Å². The van der Waals surface area contributed by atoms with Gasteiger partial charge in [0.15, 0.2) is 15.6 Å². The first-order valence-electron chi connectivity index (χ1n) is 5.67. The highest BCUT2D eigenvalue weighted by atomic mass is 32.2. The third-order valence-corrected chi connectivity index (χ3v) is 4.49. The molecule has 0 aromatic heterocycles. The smallest absolute Gasteiger partial charge is 0.192 e. The van der Waals surface area contributed by atoms with Gasteiger partial charge in [-0.2, -0.15) is 0 Å². The van der Waals surface area contributed by atoms with Crippen molar-refractivity contribution < 1.29 is 14.8 Å². The molecule has 4 heteroatoms. The summed E-state index contributed by atoms with van der Waals surface area (Å²) in [5.41, 5.74) is -0.873. The minimum atomic E-state index is -1.91. The lowest BCUT2D eigenvalue weighted by Crippen LogP contribution is -2.43. The van der Waals surface area contributed by atoms with Gasteiger partial charge >= 0.3 is 0 Å². The summed E-state index contributed by atoms with van der Waals surface area (Å²) in [4.78, 5) is 1.29. The molecular formula is C14H16O3S. The molecule has 96 valence electrons. The van der Waals surface area contributed by atoms with E-state index in [-0.39, 0.29) is 0 Å². The highest BCUT2D eigenvalue weighted by molar-refractivity contribution is 7.95. The predicted molar refractivity (Wildman–Crippen MR) is 71.0 cm³/mol. The highest BCUT2D eigenvalue weighted by Crippen LogP contribution is 2.38. The first-order valence-corrected chi connectivity index (χ1v) is 6.82. The Labute approximate surface area is 110 Å². The van der Waals surface area contributed by atoms with Gasteiger partial charge in [-0.3, -0.25) is 0 Å². The molecule has 0 radical (unpaired) electrons. The molecule has 0 saturated heterocycles. The van der Waals surface area contributed by atoms with E-state index in [0.29, 0.717) is 9.80 Å². The first-order chi connectivity index (χ1) is 8.33. The van der Waals surface area contributed by atoms with E-state index >= 15 is 0 Å². The molecule has 0 saturated carbocycles. The summed E-state index contributed by atoms with van der Waals surface area (Å²) in [7, 11) is 0. The largest absolute Gasteiger partial charge is 0.606 e. The van der Waals surface area contributed by atoms with Crippen LogP contribution >= 0.6 is 0 Å². The van der Waals surface area contributed by atoms with Crippen LogP contribution in [0.4, 0.5) is 0 Å². The van der Waals surface area contributed by atoms with Crippen LogP contribution < -0.4 is 0 Å². The summed E-state index contributed by atoms with van der Waals surface area (Å²) in [5.74, 6) is -1.91. The minimum absolute atomic E-state index is 0.588. The summed E-state index contributed by atoms with van der Waals surface area (Å²) in [6.45, 7) is 3.39. The molecule has 0 spiro atoms. The minimum Gasteiger partial charge on any atom is -0.606 e. The molecule has 1 aromatic rings. The number of benzene rings is 1. The fourth-order valence-electron chi connectivity index (χ4n) is 1.72. The molecule has 18 heavy (non-hydrogen) atoms. The van der Waals surface area contributed by atoms with Crippen molar-refractivity contribution >= 4 is 11.2 Å². The topological polar surface area (TPSA) is 63.5 Å². The van der Waals surface area contributed by atoms with E-state index in [1.807, 2.05) is 18.2 Å². The lowest BCUT2D eigenvalue weighted by molar-refractivity contribution is -0.178. The van der Waals surface area contributed by atoms with Crippen molar-refractivity contribution in [2.75, 3.05) is 0 Å². The Morgan fingerprint density at radius 1 is 1.11 bits per heavy atom. The molecule has 1 unspecified atom stereocenters. The van der Waals surface area contributed by atoms with Gasteiger partial charge in [0.2, 0.25) is 0 Å². The van der Waals surface area contributed by atoms with Gasteiger partial charge in [-0.25, -0.2) is 0 Å². The molecule has 0 aliphatic heterocycles. The average molecular weight is 264 g/mol. The van der Waals surface area contributed by atoms with E-state index in [0.717, 1.165) is 0 Å². The predicted octanol–water partition coefficient (Wildman–Crippen LogP) is 1.96. The quantitative estimate of drug-likeness (QED) is 0.634. The third-order valence-electron chi connectivity index (χ3n) is 3.10. The molecule has 1 atom stereocenters. The number of aliphatic hydroxyl groups is 2. The lowest BCUT2D eigenvalue weighted by atomic mass is 9.80. The summed E-state index contributed by atoms with van der Waals surface area (Å²) >= 11 is -1.30. The monoisotopic (exact) mass is 264 g/mol. The number of allylic oxidation sites excluding steroid dienone is 1. The van der Waals surface area contributed by atoms with Crippen molar-refractivity contribution in [2.45, 2.75) is 24.5 Å². The van der Waals surface area contributed by atoms with Gasteiger partial charge in [-0.15, -0.1) is 0 Å². The van der Waals surface area contributed by atoms with Crippen molar-refractivity contribution in [1.82, 2.24) is 0 Å². The SMILES string of the molecule is CC1(C)C=C([S+]([O-])c2ccccc2)C=CC1(O)O. The van der Waals surface area contributed by atoms with Gasteiger partial charge in [0.1, 0.15) is 0 Å². The third kappa shape index (κ3) is 2.37. The fourth-order valence-corrected chi connectivity index (χ4v) is 2.99. The zero-order valence-electron chi connectivity index (χ0n) is 10.3. The van der Waals surface area contributed by atoms with E-state index in [4.69, 9.17) is 0 Å². The Morgan fingerprint density at radius 2 is 1.72 bits per heavy atom. The molecule has 0 heterocycles. The van der Waals surface area contributed by atoms with Gasteiger partial charge in [-0.05, 0) is 30.4 Å². The maximum absolute atomic E-state index is 12.3. The molecule has 1 aliphatic carbocycles. The highest BCUT2D eigenvalue weighted by Gasteiger charge is 2.42. The Balaban J connectivity index is 2.32. The van der Waals surface area contributed by atoms with Crippen LogP contribution in [0.3, 0.4) is 0 Å². The molecule has 0 fully saturated rings. The Bertz CT molecular complexity index is 489. The van der Waals surface area contributed by atoms with Crippen molar-refractivity contribution in [2.24, 2.45) is 5.41 Å². The zero-order chi connectivity index (χ0) is 13.4. The van der Waals surface area contributed by atoms with Crippen LogP contribution in [-0.4, -0.2) is 20.6 Å². The van der Waals surface area contributed by atoms with Gasteiger partial charge in [-0.1, -0.05) is 32.0 Å². The number of rotatable bonds is 2. The van der Waals surface area contributed by atoms with Gasteiger partial charge in [0, 0.05) is 16.6 Å². The molecule has 0 amide bonds. The van der Waals surface area contributed by atoms with Crippen LogP contribution in [0.5, 0.6) is 0 Å². The summed E-state index contributed by atoms with van der Waals surface area (Å²) in [6.07, 6.45) is 4.44. The van der Waals surface area contributed by atoms with E-state index in [9.17, 15) is 14.8 Å². The fraction of sp³-hybridized carbons (Fsp3) is 0.286. The summed E-state index contributed by atoms with van der Waals surface area (Å²) in [5, 5.41) is 19.6. The first kappa shape index (κ1) is 13.4. The standard InChI is InChI=1S/C14H16O3S/c1-13(2)10-12(8-9-14(13,15)16)18(17)11-6-4-3-5-7-11/h3-10,15-16H,1-2H3. The second-order valence-corrected chi connectivity index (χ2v) is 6.39. The van der Waals surface area contributed by atoms with Crippen molar-refractivity contribution in [1.29, 1.82) is 0 Å². The normalized spacial score (nSPS) is 22.4.